The molecule has 0 unspecified atom stereocenters. The molecule has 2 aromatic carbocycles. The Morgan fingerprint density at radius 2 is 1.76 bits per heavy atom. The Morgan fingerprint density at radius 1 is 1.05 bits per heavy atom. The van der Waals surface area contributed by atoms with E-state index in [4.69, 9.17) is 0 Å². The predicted octanol–water partition coefficient (Wildman–Crippen LogP) is 3.43. The van der Waals surface area contributed by atoms with Crippen molar-refractivity contribution in [1.29, 1.82) is 0 Å². The van der Waals surface area contributed by atoms with Crippen LogP contribution < -0.4 is 5.32 Å². The summed E-state index contributed by atoms with van der Waals surface area (Å²) in [5.74, 6) is -0.136. The summed E-state index contributed by atoms with van der Waals surface area (Å²) in [5, 5.41) is 7.09. The lowest BCUT2D eigenvalue weighted by Crippen LogP contribution is -2.11. The maximum absolute atomic E-state index is 12.1. The second-order valence-electron chi connectivity index (χ2n) is 4.83. The molecule has 1 amide bonds. The van der Waals surface area contributed by atoms with Crippen LogP contribution in [0.4, 0.5) is 5.69 Å². The van der Waals surface area contributed by atoms with Gasteiger partial charge in [-0.25, -0.2) is 4.68 Å². The van der Waals surface area contributed by atoms with Gasteiger partial charge in [0.25, 0.3) is 5.91 Å². The molecule has 0 atom stereocenters. The largest absolute Gasteiger partial charge is 0.319 e. The van der Waals surface area contributed by atoms with E-state index >= 15 is 0 Å². The molecule has 0 saturated heterocycles. The van der Waals surface area contributed by atoms with Crippen molar-refractivity contribution in [3.8, 4) is 5.69 Å². The molecule has 0 fully saturated rings. The third kappa shape index (κ3) is 3.00. The second-order valence-corrected chi connectivity index (χ2v) is 4.83. The van der Waals surface area contributed by atoms with Gasteiger partial charge >= 0.3 is 0 Å². The Labute approximate surface area is 123 Å². The van der Waals surface area contributed by atoms with Crippen molar-refractivity contribution in [1.82, 2.24) is 9.78 Å². The van der Waals surface area contributed by atoms with E-state index < -0.39 is 0 Å². The number of amides is 1. The molecule has 0 spiro atoms. The lowest BCUT2D eigenvalue weighted by molar-refractivity contribution is 0.102. The zero-order valence-electron chi connectivity index (χ0n) is 11.7. The van der Waals surface area contributed by atoms with Crippen molar-refractivity contribution in [3.63, 3.8) is 0 Å². The maximum atomic E-state index is 12.1. The van der Waals surface area contributed by atoms with Gasteiger partial charge in [-0.3, -0.25) is 4.79 Å². The Morgan fingerprint density at radius 3 is 2.48 bits per heavy atom. The zero-order chi connectivity index (χ0) is 14.7. The first-order valence-electron chi connectivity index (χ1n) is 6.70. The molecule has 1 heterocycles. The van der Waals surface area contributed by atoms with E-state index in [1.54, 1.807) is 17.1 Å². The van der Waals surface area contributed by atoms with E-state index in [9.17, 15) is 4.79 Å². The Kier molecular flexibility index (Phi) is 3.51. The topological polar surface area (TPSA) is 46.9 Å². The van der Waals surface area contributed by atoms with Crippen LogP contribution in [0.2, 0.25) is 0 Å². The molecule has 0 radical (unpaired) electrons. The van der Waals surface area contributed by atoms with Gasteiger partial charge in [0.05, 0.1) is 23.8 Å². The Hall–Kier alpha value is -2.88. The normalized spacial score (nSPS) is 10.3. The molecular weight excluding hydrogens is 262 g/mol. The molecule has 0 saturated carbocycles. The maximum Gasteiger partial charge on any atom is 0.255 e. The summed E-state index contributed by atoms with van der Waals surface area (Å²) in [6.07, 6.45) is 3.43. The molecule has 0 bridgehead atoms. The lowest BCUT2D eigenvalue weighted by atomic mass is 10.1. The van der Waals surface area contributed by atoms with E-state index in [0.29, 0.717) is 11.3 Å². The average Bonchev–Trinajstić information content (AvgIpc) is 2.97. The van der Waals surface area contributed by atoms with Crippen LogP contribution in [0.3, 0.4) is 0 Å². The molecule has 1 N–H and O–H groups in total. The highest BCUT2D eigenvalue weighted by Gasteiger charge is 2.07. The molecular formula is C17H15N3O. The van der Waals surface area contributed by atoms with Gasteiger partial charge in [-0.05, 0) is 31.2 Å². The van der Waals surface area contributed by atoms with Crippen molar-refractivity contribution in [2.75, 3.05) is 5.32 Å². The number of hydrogen-bond acceptors (Lipinski definition) is 2. The molecule has 4 heteroatoms. The lowest BCUT2D eigenvalue weighted by Gasteiger charge is -2.03. The highest BCUT2D eigenvalue weighted by molar-refractivity contribution is 6.04. The van der Waals surface area contributed by atoms with Gasteiger partial charge in [0.2, 0.25) is 0 Å². The zero-order valence-corrected chi connectivity index (χ0v) is 11.7. The fraction of sp³-hybridized carbons (Fsp3) is 0.0588. The van der Waals surface area contributed by atoms with Gasteiger partial charge in [0.15, 0.2) is 0 Å². The highest BCUT2D eigenvalue weighted by atomic mass is 16.1. The third-order valence-corrected chi connectivity index (χ3v) is 3.17. The first-order valence-corrected chi connectivity index (χ1v) is 6.70. The quantitative estimate of drug-likeness (QED) is 0.797. The van der Waals surface area contributed by atoms with Crippen LogP contribution in [0.5, 0.6) is 0 Å². The van der Waals surface area contributed by atoms with E-state index in [0.717, 1.165) is 11.3 Å². The van der Waals surface area contributed by atoms with Crippen LogP contribution in [-0.4, -0.2) is 15.7 Å². The molecule has 0 aliphatic heterocycles. The molecule has 0 aliphatic rings. The van der Waals surface area contributed by atoms with Gasteiger partial charge in [0, 0.05) is 5.56 Å². The van der Waals surface area contributed by atoms with Crippen molar-refractivity contribution in [2.45, 2.75) is 6.92 Å². The van der Waals surface area contributed by atoms with E-state index in [1.807, 2.05) is 61.5 Å². The second kappa shape index (κ2) is 5.63. The van der Waals surface area contributed by atoms with Crippen LogP contribution in [-0.2, 0) is 0 Å². The average molecular weight is 277 g/mol. The number of carbonyl (C=O) groups excluding carboxylic acids is 1. The number of hydrogen-bond donors (Lipinski definition) is 1. The summed E-state index contributed by atoms with van der Waals surface area (Å²) in [5.41, 5.74) is 3.38. The first-order chi connectivity index (χ1) is 10.2. The molecule has 3 aromatic rings. The number of rotatable bonds is 3. The summed E-state index contributed by atoms with van der Waals surface area (Å²) < 4.78 is 1.73. The van der Waals surface area contributed by atoms with Crippen molar-refractivity contribution < 1.29 is 4.79 Å². The predicted molar refractivity (Wildman–Crippen MR) is 82.7 cm³/mol. The van der Waals surface area contributed by atoms with Gasteiger partial charge in [0.1, 0.15) is 0 Å². The number of aryl methyl sites for hydroxylation is 1. The van der Waals surface area contributed by atoms with Crippen molar-refractivity contribution in [2.24, 2.45) is 0 Å². The van der Waals surface area contributed by atoms with Crippen LogP contribution in [0, 0.1) is 6.92 Å². The van der Waals surface area contributed by atoms with E-state index in [2.05, 4.69) is 10.4 Å². The number of nitrogens with one attached hydrogen (secondary N) is 1. The summed E-state index contributed by atoms with van der Waals surface area (Å²) in [4.78, 5) is 12.1. The monoisotopic (exact) mass is 277 g/mol. The number of para-hydroxylation sites is 1. The number of nitrogens with zero attached hydrogens (tertiary/aromatic N) is 2. The van der Waals surface area contributed by atoms with Crippen LogP contribution in [0.15, 0.2) is 67.0 Å². The van der Waals surface area contributed by atoms with Crippen LogP contribution >= 0.6 is 0 Å². The van der Waals surface area contributed by atoms with E-state index in [-0.39, 0.29) is 5.91 Å². The summed E-state index contributed by atoms with van der Waals surface area (Å²) >= 11 is 0. The first kappa shape index (κ1) is 13.1. The SMILES string of the molecule is Cc1ccc(C(=O)Nc2cnn(-c3ccccc3)c2)cc1. The third-order valence-electron chi connectivity index (χ3n) is 3.17. The van der Waals surface area contributed by atoms with Gasteiger partial charge < -0.3 is 5.32 Å². The fourth-order valence-electron chi connectivity index (χ4n) is 2.02. The molecule has 0 aliphatic carbocycles. The fourth-order valence-corrected chi connectivity index (χ4v) is 2.02. The number of anilines is 1. The van der Waals surface area contributed by atoms with E-state index in [1.165, 1.54) is 0 Å². The molecule has 1 aromatic heterocycles. The Balaban J connectivity index is 1.75. The molecule has 21 heavy (non-hydrogen) atoms. The minimum Gasteiger partial charge on any atom is -0.319 e. The van der Waals surface area contributed by atoms with Gasteiger partial charge in [-0.1, -0.05) is 35.9 Å². The van der Waals surface area contributed by atoms with Crippen LogP contribution in [0.25, 0.3) is 5.69 Å². The van der Waals surface area contributed by atoms with Gasteiger partial charge in [-0.2, -0.15) is 5.10 Å². The Bertz CT molecular complexity index is 745. The summed E-state index contributed by atoms with van der Waals surface area (Å²) in [6.45, 7) is 1.99. The summed E-state index contributed by atoms with van der Waals surface area (Å²) in [7, 11) is 0. The van der Waals surface area contributed by atoms with Gasteiger partial charge in [-0.15, -0.1) is 0 Å². The molecule has 104 valence electrons. The molecule has 3 rings (SSSR count). The highest BCUT2D eigenvalue weighted by Crippen LogP contribution is 2.13. The van der Waals surface area contributed by atoms with Crippen molar-refractivity contribution in [3.05, 3.63) is 78.1 Å². The summed E-state index contributed by atoms with van der Waals surface area (Å²) in [6, 6.07) is 17.2. The smallest absolute Gasteiger partial charge is 0.255 e. The number of aromatic nitrogens is 2. The van der Waals surface area contributed by atoms with Crippen LogP contribution in [0.1, 0.15) is 15.9 Å². The number of benzene rings is 2. The van der Waals surface area contributed by atoms with Crippen molar-refractivity contribution >= 4 is 11.6 Å². The minimum atomic E-state index is -0.136. The standard InChI is InChI=1S/C17H15N3O/c1-13-7-9-14(10-8-13)17(21)19-15-11-18-20(12-15)16-5-3-2-4-6-16/h2-12H,1H3,(H,19,21). The molecule has 4 nitrogen and oxygen atoms in total. The minimum absolute atomic E-state index is 0.136. The number of carbonyl (C=O) groups is 1.